The summed E-state index contributed by atoms with van der Waals surface area (Å²) < 4.78 is 19.5. The number of piperidine rings is 1. The molecule has 0 N–H and O–H groups in total. The zero-order chi connectivity index (χ0) is 32.6. The fourth-order valence-corrected chi connectivity index (χ4v) is 6.03. The van der Waals surface area contributed by atoms with Crippen LogP contribution in [0.15, 0.2) is 35.3 Å². The van der Waals surface area contributed by atoms with Crippen molar-refractivity contribution in [1.82, 2.24) is 14.4 Å². The third-order valence-corrected chi connectivity index (χ3v) is 8.15. The molecule has 9 heteroatoms. The van der Waals surface area contributed by atoms with Crippen LogP contribution in [0.1, 0.15) is 97.2 Å². The Labute approximate surface area is 261 Å². The highest BCUT2D eigenvalue weighted by Crippen LogP contribution is 2.37. The van der Waals surface area contributed by atoms with Gasteiger partial charge in [0.1, 0.15) is 23.0 Å². The number of likely N-dealkylation sites (N-methyl/N-ethyl adjacent to an activating group) is 1. The summed E-state index contributed by atoms with van der Waals surface area (Å²) in [6.07, 6.45) is 2.74. The number of rotatable bonds is 4. The molecular weight excluding hydrogens is 558 g/mol. The molecule has 0 aliphatic carbocycles. The van der Waals surface area contributed by atoms with Crippen molar-refractivity contribution in [3.8, 4) is 5.75 Å². The van der Waals surface area contributed by atoms with Gasteiger partial charge >= 0.3 is 12.1 Å². The number of hydrogen-bond acceptors (Lipinski definition) is 7. The normalized spacial score (nSPS) is 18.9. The largest absolute Gasteiger partial charge is 0.490 e. The maximum Gasteiger partial charge on any atom is 0.410 e. The molecule has 0 spiro atoms. The quantitative estimate of drug-likeness (QED) is 0.466. The SMILES string of the molecule is CCOC(=O)c1cn2c(cc1=O)/C(=c1\cccc(OC3CCN(C(=O)OC(C)(C)C)CC3)c1=C(C)C)N(C)CC2C(C)(C)C. The van der Waals surface area contributed by atoms with E-state index in [0.717, 1.165) is 33.2 Å². The molecule has 3 heterocycles. The molecule has 2 aliphatic rings. The van der Waals surface area contributed by atoms with Crippen LogP contribution in [0.2, 0.25) is 0 Å². The summed E-state index contributed by atoms with van der Waals surface area (Å²) in [6.45, 7) is 20.0. The molecule has 2 aliphatic heterocycles. The monoisotopic (exact) mass is 607 g/mol. The van der Waals surface area contributed by atoms with E-state index in [0.29, 0.717) is 32.5 Å². The molecule has 240 valence electrons. The molecule has 2 aromatic rings. The second-order valence-corrected chi connectivity index (χ2v) is 14.1. The van der Waals surface area contributed by atoms with E-state index in [2.05, 4.69) is 57.2 Å². The number of aromatic nitrogens is 1. The van der Waals surface area contributed by atoms with Gasteiger partial charge in [-0.25, -0.2) is 9.59 Å². The number of nitrogens with zero attached hydrogens (tertiary/aromatic N) is 3. The molecule has 9 nitrogen and oxygen atoms in total. The first kappa shape index (κ1) is 33.1. The summed E-state index contributed by atoms with van der Waals surface area (Å²) in [7, 11) is 2.05. The Morgan fingerprint density at radius 1 is 1.02 bits per heavy atom. The van der Waals surface area contributed by atoms with Crippen molar-refractivity contribution in [2.24, 2.45) is 5.41 Å². The van der Waals surface area contributed by atoms with Gasteiger partial charge in [-0.1, -0.05) is 38.5 Å². The minimum absolute atomic E-state index is 0.00442. The maximum absolute atomic E-state index is 13.3. The van der Waals surface area contributed by atoms with Crippen molar-refractivity contribution in [2.45, 2.75) is 92.9 Å². The number of fused-ring (bicyclic) bond motifs is 1. The second-order valence-electron chi connectivity index (χ2n) is 14.1. The molecule has 1 unspecified atom stereocenters. The lowest BCUT2D eigenvalue weighted by Gasteiger charge is -2.43. The summed E-state index contributed by atoms with van der Waals surface area (Å²) in [5, 5.41) is 1.94. The number of ether oxygens (including phenoxy) is 3. The first-order valence-electron chi connectivity index (χ1n) is 15.6. The molecule has 1 amide bonds. The van der Waals surface area contributed by atoms with Gasteiger partial charge in [-0.05, 0) is 53.0 Å². The van der Waals surface area contributed by atoms with E-state index >= 15 is 0 Å². The van der Waals surface area contributed by atoms with Gasteiger partial charge in [0.15, 0.2) is 5.43 Å². The lowest BCUT2D eigenvalue weighted by Crippen LogP contribution is -2.46. The molecule has 1 atom stereocenters. The highest BCUT2D eigenvalue weighted by Gasteiger charge is 2.35. The van der Waals surface area contributed by atoms with Crippen molar-refractivity contribution in [1.29, 1.82) is 0 Å². The van der Waals surface area contributed by atoms with Crippen molar-refractivity contribution < 1.29 is 23.8 Å². The average Bonchev–Trinajstić information content (AvgIpc) is 2.91. The number of hydrogen-bond donors (Lipinski definition) is 0. The Kier molecular flexibility index (Phi) is 9.57. The van der Waals surface area contributed by atoms with Crippen molar-refractivity contribution >= 4 is 23.3 Å². The first-order chi connectivity index (χ1) is 20.5. The number of carbonyl (C=O) groups is 2. The van der Waals surface area contributed by atoms with Gasteiger partial charge in [-0.2, -0.15) is 0 Å². The number of likely N-dealkylation sites (tertiary alicyclic amines) is 1. The summed E-state index contributed by atoms with van der Waals surface area (Å²) in [5.74, 6) is 0.168. The van der Waals surface area contributed by atoms with E-state index in [9.17, 15) is 14.4 Å². The standard InChI is InChI=1S/C35H49N3O6/c1-11-42-32(40)25-20-38-26(19-27(25)39)31(36(10)21-29(38)34(4,5)6)24-13-12-14-28(30(24)22(2)3)43-23-15-17-37(18-16-23)33(41)44-35(7,8)9/h12-14,19-20,23,29H,11,15-18,21H2,1-10H3/b31-24-. The third kappa shape index (κ3) is 7.13. The van der Waals surface area contributed by atoms with Crippen LogP contribution < -0.4 is 20.6 Å². The Bertz CT molecular complexity index is 1580. The fourth-order valence-electron chi connectivity index (χ4n) is 6.03. The fraction of sp³-hybridized carbons (Fsp3) is 0.571. The van der Waals surface area contributed by atoms with Crippen molar-refractivity contribution in [3.63, 3.8) is 0 Å². The van der Waals surface area contributed by atoms with Gasteiger partial charge in [0.25, 0.3) is 0 Å². The Balaban J connectivity index is 1.80. The van der Waals surface area contributed by atoms with E-state index in [1.165, 1.54) is 0 Å². The molecule has 1 fully saturated rings. The molecule has 1 saturated heterocycles. The Morgan fingerprint density at radius 3 is 2.25 bits per heavy atom. The Morgan fingerprint density at radius 2 is 1.68 bits per heavy atom. The van der Waals surface area contributed by atoms with E-state index in [1.54, 1.807) is 24.1 Å². The van der Waals surface area contributed by atoms with Crippen molar-refractivity contribution in [3.05, 3.63) is 62.4 Å². The van der Waals surface area contributed by atoms with Crippen LogP contribution in [0.5, 0.6) is 5.75 Å². The molecule has 1 aromatic heterocycles. The van der Waals surface area contributed by atoms with Crippen LogP contribution in [0.3, 0.4) is 0 Å². The second kappa shape index (κ2) is 12.7. The number of benzene rings is 1. The number of esters is 1. The van der Waals surface area contributed by atoms with Crippen LogP contribution in [0, 0.1) is 5.41 Å². The van der Waals surface area contributed by atoms with Crippen LogP contribution in [-0.4, -0.2) is 71.4 Å². The zero-order valence-corrected chi connectivity index (χ0v) is 28.1. The average molecular weight is 608 g/mol. The van der Waals surface area contributed by atoms with Gasteiger partial charge in [-0.3, -0.25) is 4.79 Å². The van der Waals surface area contributed by atoms with E-state index in [4.69, 9.17) is 14.2 Å². The smallest absolute Gasteiger partial charge is 0.410 e. The third-order valence-electron chi connectivity index (χ3n) is 8.15. The summed E-state index contributed by atoms with van der Waals surface area (Å²) >= 11 is 0. The first-order valence-corrected chi connectivity index (χ1v) is 15.6. The van der Waals surface area contributed by atoms with E-state index in [1.807, 2.05) is 32.9 Å². The maximum atomic E-state index is 13.3. The van der Waals surface area contributed by atoms with Crippen LogP contribution in [0.4, 0.5) is 4.79 Å². The van der Waals surface area contributed by atoms with Gasteiger partial charge in [0.05, 0.1) is 24.0 Å². The molecule has 0 saturated carbocycles. The van der Waals surface area contributed by atoms with Gasteiger partial charge < -0.3 is 28.6 Å². The van der Waals surface area contributed by atoms with Gasteiger partial charge in [-0.15, -0.1) is 0 Å². The number of pyridine rings is 1. The molecule has 0 bridgehead atoms. The van der Waals surface area contributed by atoms with Gasteiger partial charge in [0.2, 0.25) is 0 Å². The minimum atomic E-state index is -0.604. The topological polar surface area (TPSA) is 90.3 Å². The molecular formula is C35H49N3O6. The summed E-state index contributed by atoms with van der Waals surface area (Å²) in [5.41, 5.74) is 1.73. The highest BCUT2D eigenvalue weighted by atomic mass is 16.6. The summed E-state index contributed by atoms with van der Waals surface area (Å²) in [4.78, 5) is 42.6. The predicted molar refractivity (Wildman–Crippen MR) is 172 cm³/mol. The molecule has 44 heavy (non-hydrogen) atoms. The minimum Gasteiger partial charge on any atom is -0.490 e. The van der Waals surface area contributed by atoms with Crippen LogP contribution >= 0.6 is 0 Å². The highest BCUT2D eigenvalue weighted by molar-refractivity contribution is 5.89. The lowest BCUT2D eigenvalue weighted by atomic mass is 9.84. The zero-order valence-electron chi connectivity index (χ0n) is 28.1. The molecule has 1 aromatic carbocycles. The Hall–Kier alpha value is -3.75. The van der Waals surface area contributed by atoms with Gasteiger partial charge in [0, 0.05) is 62.2 Å². The van der Waals surface area contributed by atoms with Crippen LogP contribution in [-0.2, 0) is 9.47 Å². The molecule has 4 rings (SSSR count). The van der Waals surface area contributed by atoms with Crippen LogP contribution in [0.25, 0.3) is 11.3 Å². The predicted octanol–water partition coefficient (Wildman–Crippen LogP) is 4.68. The van der Waals surface area contributed by atoms with E-state index in [-0.39, 0.29) is 41.3 Å². The lowest BCUT2D eigenvalue weighted by molar-refractivity contribution is 0.0125. The number of amides is 1. The van der Waals surface area contributed by atoms with E-state index < -0.39 is 11.6 Å². The number of carbonyl (C=O) groups excluding carboxylic acids is 2. The summed E-state index contributed by atoms with van der Waals surface area (Å²) in [6, 6.07) is 7.62. The van der Waals surface area contributed by atoms with Crippen molar-refractivity contribution in [2.75, 3.05) is 33.3 Å². The molecule has 0 radical (unpaired) electrons.